The SMILES string of the molecule is Cc1cc(C)c(C2=NO[C@H](c3ccccc3)[C@H]2C(=O)OCc2ccccc2)c(C)c1. The summed E-state index contributed by atoms with van der Waals surface area (Å²) in [5.74, 6) is -0.959. The molecule has 4 heteroatoms. The number of ether oxygens (including phenoxy) is 1. The molecule has 0 radical (unpaired) electrons. The third-order valence-electron chi connectivity index (χ3n) is 5.40. The van der Waals surface area contributed by atoms with Crippen molar-refractivity contribution in [3.63, 3.8) is 0 Å². The Hall–Kier alpha value is -3.40. The van der Waals surface area contributed by atoms with Crippen LogP contribution in [0, 0.1) is 26.7 Å². The van der Waals surface area contributed by atoms with E-state index >= 15 is 0 Å². The minimum Gasteiger partial charge on any atom is -0.460 e. The second-order valence-electron chi connectivity index (χ2n) is 7.76. The molecule has 0 saturated heterocycles. The van der Waals surface area contributed by atoms with E-state index in [0.717, 1.165) is 27.8 Å². The first-order valence-corrected chi connectivity index (χ1v) is 10.1. The number of aryl methyl sites for hydroxylation is 3. The van der Waals surface area contributed by atoms with E-state index in [-0.39, 0.29) is 12.6 Å². The number of hydrogen-bond acceptors (Lipinski definition) is 4. The highest BCUT2D eigenvalue weighted by Gasteiger charge is 2.43. The Bertz CT molecular complexity index is 1050. The Morgan fingerprint density at radius 2 is 1.53 bits per heavy atom. The highest BCUT2D eigenvalue weighted by atomic mass is 16.6. The van der Waals surface area contributed by atoms with Crippen LogP contribution < -0.4 is 0 Å². The summed E-state index contributed by atoms with van der Waals surface area (Å²) in [5, 5.41) is 4.39. The van der Waals surface area contributed by atoms with Crippen molar-refractivity contribution < 1.29 is 14.4 Å². The van der Waals surface area contributed by atoms with Gasteiger partial charge in [0.2, 0.25) is 0 Å². The summed E-state index contributed by atoms with van der Waals surface area (Å²) in [6.45, 7) is 6.37. The molecule has 4 nitrogen and oxygen atoms in total. The van der Waals surface area contributed by atoms with Gasteiger partial charge >= 0.3 is 5.97 Å². The predicted molar refractivity (Wildman–Crippen MR) is 117 cm³/mol. The first-order valence-electron chi connectivity index (χ1n) is 10.1. The van der Waals surface area contributed by atoms with E-state index in [0.29, 0.717) is 5.71 Å². The number of carbonyl (C=O) groups is 1. The van der Waals surface area contributed by atoms with Gasteiger partial charge in [0.15, 0.2) is 6.10 Å². The molecule has 0 unspecified atom stereocenters. The van der Waals surface area contributed by atoms with Crippen LogP contribution in [0.5, 0.6) is 0 Å². The number of nitrogens with zero attached hydrogens (tertiary/aromatic N) is 1. The maximum absolute atomic E-state index is 13.3. The number of esters is 1. The summed E-state index contributed by atoms with van der Waals surface area (Å²) in [6.07, 6.45) is -0.510. The maximum Gasteiger partial charge on any atom is 0.319 e. The fourth-order valence-electron chi connectivity index (χ4n) is 4.11. The number of benzene rings is 3. The van der Waals surface area contributed by atoms with Crippen molar-refractivity contribution in [2.75, 3.05) is 0 Å². The summed E-state index contributed by atoms with van der Waals surface area (Å²) in [6, 6.07) is 23.6. The Morgan fingerprint density at radius 3 is 2.17 bits per heavy atom. The topological polar surface area (TPSA) is 47.9 Å². The number of oxime groups is 1. The van der Waals surface area contributed by atoms with Gasteiger partial charge in [-0.1, -0.05) is 83.5 Å². The molecule has 1 aliphatic rings. The Kier molecular flexibility index (Phi) is 5.66. The molecule has 0 amide bonds. The predicted octanol–water partition coefficient (Wildman–Crippen LogP) is 5.45. The summed E-state index contributed by atoms with van der Waals surface area (Å²) >= 11 is 0. The largest absolute Gasteiger partial charge is 0.460 e. The van der Waals surface area contributed by atoms with Crippen molar-refractivity contribution in [1.29, 1.82) is 0 Å². The van der Waals surface area contributed by atoms with Crippen molar-refractivity contribution in [3.05, 3.63) is 106 Å². The van der Waals surface area contributed by atoms with Gasteiger partial charge in [0, 0.05) is 5.56 Å². The fraction of sp³-hybridized carbons (Fsp3) is 0.231. The molecule has 1 heterocycles. The minimum absolute atomic E-state index is 0.219. The monoisotopic (exact) mass is 399 g/mol. The van der Waals surface area contributed by atoms with Gasteiger partial charge in [-0.3, -0.25) is 4.79 Å². The van der Waals surface area contributed by atoms with Crippen molar-refractivity contribution in [1.82, 2.24) is 0 Å². The molecule has 152 valence electrons. The van der Waals surface area contributed by atoms with Crippen molar-refractivity contribution in [2.45, 2.75) is 33.5 Å². The third kappa shape index (κ3) is 3.99. The summed E-state index contributed by atoms with van der Waals surface area (Å²) in [4.78, 5) is 19.1. The molecule has 0 fully saturated rings. The van der Waals surface area contributed by atoms with Crippen molar-refractivity contribution >= 4 is 11.7 Å². The Labute approximate surface area is 177 Å². The summed E-state index contributed by atoms with van der Waals surface area (Å²) < 4.78 is 5.72. The van der Waals surface area contributed by atoms with E-state index in [1.54, 1.807) is 0 Å². The maximum atomic E-state index is 13.3. The molecule has 30 heavy (non-hydrogen) atoms. The average molecular weight is 399 g/mol. The van der Waals surface area contributed by atoms with E-state index in [1.165, 1.54) is 5.56 Å². The quantitative estimate of drug-likeness (QED) is 0.536. The first kappa shape index (κ1) is 19.9. The Balaban J connectivity index is 1.68. The number of rotatable bonds is 5. The normalized spacial score (nSPS) is 17.9. The van der Waals surface area contributed by atoms with Gasteiger partial charge in [-0.2, -0.15) is 0 Å². The van der Waals surface area contributed by atoms with E-state index in [9.17, 15) is 4.79 Å². The van der Waals surface area contributed by atoms with E-state index in [1.807, 2.05) is 74.5 Å². The minimum atomic E-state index is -0.629. The lowest BCUT2D eigenvalue weighted by molar-refractivity contribution is -0.150. The second kappa shape index (κ2) is 8.54. The fourth-order valence-corrected chi connectivity index (χ4v) is 4.11. The molecule has 4 rings (SSSR count). The highest BCUT2D eigenvalue weighted by Crippen LogP contribution is 2.37. The molecule has 0 aliphatic carbocycles. The average Bonchev–Trinajstić information content (AvgIpc) is 3.17. The van der Waals surface area contributed by atoms with Gasteiger partial charge in [0.1, 0.15) is 18.2 Å². The molecule has 0 aromatic heterocycles. The van der Waals surface area contributed by atoms with Gasteiger partial charge in [-0.25, -0.2) is 0 Å². The lowest BCUT2D eigenvalue weighted by atomic mass is 9.85. The molecule has 3 aromatic rings. The summed E-state index contributed by atoms with van der Waals surface area (Å²) in [7, 11) is 0. The van der Waals surface area contributed by atoms with E-state index in [4.69, 9.17) is 9.57 Å². The zero-order valence-corrected chi connectivity index (χ0v) is 17.5. The van der Waals surface area contributed by atoms with Gasteiger partial charge in [-0.05, 0) is 43.0 Å². The molecule has 0 saturated carbocycles. The van der Waals surface area contributed by atoms with Crippen molar-refractivity contribution in [2.24, 2.45) is 11.1 Å². The highest BCUT2D eigenvalue weighted by molar-refractivity contribution is 6.14. The van der Waals surface area contributed by atoms with Crippen LogP contribution in [0.25, 0.3) is 0 Å². The van der Waals surface area contributed by atoms with Crippen LogP contribution in [-0.4, -0.2) is 11.7 Å². The zero-order valence-electron chi connectivity index (χ0n) is 17.5. The third-order valence-corrected chi connectivity index (χ3v) is 5.40. The first-order chi connectivity index (χ1) is 14.5. The molecule has 0 N–H and O–H groups in total. The van der Waals surface area contributed by atoms with E-state index in [2.05, 4.69) is 24.2 Å². The smallest absolute Gasteiger partial charge is 0.319 e. The molecular formula is C26H25NO3. The van der Waals surface area contributed by atoms with Crippen LogP contribution >= 0.6 is 0 Å². The zero-order chi connectivity index (χ0) is 21.1. The van der Waals surface area contributed by atoms with Crippen LogP contribution in [-0.2, 0) is 21.0 Å². The standard InChI is InChI=1S/C26H25NO3/c1-17-14-18(2)22(19(3)15-17)24-23(25(30-27-24)21-12-8-5-9-13-21)26(28)29-16-20-10-6-4-7-11-20/h4-15,23,25H,16H2,1-3H3/t23-,25+/m0/s1. The lowest BCUT2D eigenvalue weighted by Gasteiger charge is -2.20. The Morgan fingerprint density at radius 1 is 0.933 bits per heavy atom. The molecule has 0 bridgehead atoms. The number of hydrogen-bond donors (Lipinski definition) is 0. The van der Waals surface area contributed by atoms with E-state index < -0.39 is 12.0 Å². The molecular weight excluding hydrogens is 374 g/mol. The van der Waals surface area contributed by atoms with Crippen LogP contribution in [0.4, 0.5) is 0 Å². The lowest BCUT2D eigenvalue weighted by Crippen LogP contribution is -2.30. The van der Waals surface area contributed by atoms with Gasteiger partial charge in [-0.15, -0.1) is 0 Å². The molecule has 0 spiro atoms. The van der Waals surface area contributed by atoms with Gasteiger partial charge in [0.25, 0.3) is 0 Å². The molecule has 2 atom stereocenters. The van der Waals surface area contributed by atoms with Crippen LogP contribution in [0.1, 0.15) is 39.5 Å². The van der Waals surface area contributed by atoms with Gasteiger partial charge < -0.3 is 9.57 Å². The molecule has 1 aliphatic heterocycles. The second-order valence-corrected chi connectivity index (χ2v) is 7.76. The van der Waals surface area contributed by atoms with Crippen LogP contribution in [0.3, 0.4) is 0 Å². The molecule has 3 aromatic carbocycles. The van der Waals surface area contributed by atoms with Crippen LogP contribution in [0.15, 0.2) is 78.0 Å². The number of carbonyl (C=O) groups excluding carboxylic acids is 1. The van der Waals surface area contributed by atoms with Crippen molar-refractivity contribution in [3.8, 4) is 0 Å². The van der Waals surface area contributed by atoms with Gasteiger partial charge in [0.05, 0.1) is 0 Å². The summed E-state index contributed by atoms with van der Waals surface area (Å²) in [5.41, 5.74) is 6.77. The van der Waals surface area contributed by atoms with Crippen LogP contribution in [0.2, 0.25) is 0 Å².